The van der Waals surface area contributed by atoms with E-state index in [1.54, 1.807) is 0 Å². The molecule has 0 aromatic carbocycles. The lowest BCUT2D eigenvalue weighted by atomic mass is 10.1. The van der Waals surface area contributed by atoms with Gasteiger partial charge in [-0.05, 0) is 25.5 Å². The van der Waals surface area contributed by atoms with Gasteiger partial charge in [0.2, 0.25) is 5.91 Å². The lowest BCUT2D eigenvalue weighted by Gasteiger charge is -2.15. The summed E-state index contributed by atoms with van der Waals surface area (Å²) >= 11 is 7.35. The first-order chi connectivity index (χ1) is 8.06. The third-order valence-corrected chi connectivity index (χ3v) is 4.25. The van der Waals surface area contributed by atoms with Crippen LogP contribution in [-0.4, -0.2) is 11.9 Å². The second kappa shape index (κ2) is 5.21. The molecule has 0 fully saturated rings. The number of hydrogen-bond acceptors (Lipinski definition) is 3. The zero-order chi connectivity index (χ0) is 12.4. The van der Waals surface area contributed by atoms with E-state index in [0.29, 0.717) is 6.42 Å². The second-order valence-corrected chi connectivity index (χ2v) is 6.01. The number of carbonyl (C=O) groups excluding carboxylic acids is 1. The highest BCUT2D eigenvalue weighted by molar-refractivity contribution is 7.16. The summed E-state index contributed by atoms with van der Waals surface area (Å²) in [6.45, 7) is 1.96. The quantitative estimate of drug-likeness (QED) is 0.829. The van der Waals surface area contributed by atoms with Gasteiger partial charge < -0.3 is 11.1 Å². The van der Waals surface area contributed by atoms with Crippen molar-refractivity contribution in [3.63, 3.8) is 0 Å². The molecular weight excluding hydrogens is 256 g/mol. The highest BCUT2D eigenvalue weighted by Crippen LogP contribution is 2.27. The Labute approximate surface area is 110 Å². The Morgan fingerprint density at radius 2 is 2.35 bits per heavy atom. The van der Waals surface area contributed by atoms with Crippen LogP contribution in [-0.2, 0) is 4.79 Å². The third-order valence-electron chi connectivity index (χ3n) is 2.83. The van der Waals surface area contributed by atoms with Gasteiger partial charge in [-0.15, -0.1) is 11.3 Å². The number of thiophene rings is 1. The number of nitrogens with one attached hydrogen (secondary N) is 1. The van der Waals surface area contributed by atoms with Crippen molar-refractivity contribution in [1.29, 1.82) is 0 Å². The van der Waals surface area contributed by atoms with Crippen LogP contribution in [0.5, 0.6) is 0 Å². The van der Waals surface area contributed by atoms with Crippen LogP contribution in [0.15, 0.2) is 24.3 Å². The summed E-state index contributed by atoms with van der Waals surface area (Å²) < 4.78 is 0.740. The molecule has 3 nitrogen and oxygen atoms in total. The zero-order valence-corrected chi connectivity index (χ0v) is 11.1. The molecule has 0 saturated heterocycles. The summed E-state index contributed by atoms with van der Waals surface area (Å²) in [4.78, 5) is 13.0. The van der Waals surface area contributed by atoms with Gasteiger partial charge in [-0.2, -0.15) is 0 Å². The van der Waals surface area contributed by atoms with Crippen molar-refractivity contribution in [2.45, 2.75) is 25.4 Å². The van der Waals surface area contributed by atoms with E-state index in [1.165, 1.54) is 11.3 Å². The number of halogens is 1. The van der Waals surface area contributed by atoms with Gasteiger partial charge in [0.1, 0.15) is 0 Å². The molecule has 3 atom stereocenters. The number of carbonyl (C=O) groups is 1. The highest BCUT2D eigenvalue weighted by atomic mass is 35.5. The number of hydrogen-bond donors (Lipinski definition) is 2. The van der Waals surface area contributed by atoms with Crippen LogP contribution in [0.4, 0.5) is 0 Å². The van der Waals surface area contributed by atoms with Gasteiger partial charge in [0.05, 0.1) is 16.3 Å². The van der Waals surface area contributed by atoms with Crippen LogP contribution in [0.1, 0.15) is 24.3 Å². The van der Waals surface area contributed by atoms with Crippen molar-refractivity contribution in [2.75, 3.05) is 0 Å². The lowest BCUT2D eigenvalue weighted by Crippen LogP contribution is -2.32. The van der Waals surface area contributed by atoms with Crippen LogP contribution in [0, 0.1) is 5.92 Å². The molecule has 1 aromatic rings. The maximum Gasteiger partial charge on any atom is 0.227 e. The maximum atomic E-state index is 11.9. The van der Waals surface area contributed by atoms with Crippen LogP contribution in [0.25, 0.3) is 0 Å². The Bertz CT molecular complexity index is 443. The van der Waals surface area contributed by atoms with E-state index in [9.17, 15) is 4.79 Å². The van der Waals surface area contributed by atoms with Gasteiger partial charge in [-0.3, -0.25) is 4.79 Å². The Morgan fingerprint density at radius 1 is 1.59 bits per heavy atom. The number of nitrogens with two attached hydrogens (primary N) is 1. The molecule has 0 saturated carbocycles. The smallest absolute Gasteiger partial charge is 0.227 e. The lowest BCUT2D eigenvalue weighted by molar-refractivity contribution is -0.124. The molecule has 1 amide bonds. The molecule has 0 spiro atoms. The summed E-state index contributed by atoms with van der Waals surface area (Å²) in [6, 6.07) is 3.78. The summed E-state index contributed by atoms with van der Waals surface area (Å²) in [5.41, 5.74) is 5.73. The molecule has 1 aliphatic rings. The maximum absolute atomic E-state index is 11.9. The van der Waals surface area contributed by atoms with E-state index in [1.807, 2.05) is 31.2 Å². The van der Waals surface area contributed by atoms with Crippen LogP contribution >= 0.6 is 22.9 Å². The van der Waals surface area contributed by atoms with Gasteiger partial charge in [0.25, 0.3) is 0 Å². The average Bonchev–Trinajstić information content (AvgIpc) is 2.87. The molecule has 0 bridgehead atoms. The van der Waals surface area contributed by atoms with Crippen molar-refractivity contribution in [3.05, 3.63) is 33.5 Å². The molecule has 2 rings (SSSR count). The Morgan fingerprint density at radius 3 is 2.88 bits per heavy atom. The standard InChI is InChI=1S/C12H15ClN2OS/c1-7(10-4-5-11(13)17-10)15-12(16)8-2-3-9(14)6-8/h2-5,7-9H,6,14H2,1H3,(H,15,16). The molecule has 17 heavy (non-hydrogen) atoms. The normalized spacial score (nSPS) is 24.9. The van der Waals surface area contributed by atoms with E-state index in [-0.39, 0.29) is 23.9 Å². The van der Waals surface area contributed by atoms with Crippen molar-refractivity contribution >= 4 is 28.8 Å². The monoisotopic (exact) mass is 270 g/mol. The van der Waals surface area contributed by atoms with Crippen LogP contribution in [0.3, 0.4) is 0 Å². The molecule has 92 valence electrons. The van der Waals surface area contributed by atoms with Gasteiger partial charge >= 0.3 is 0 Å². The van der Waals surface area contributed by atoms with Crippen molar-refractivity contribution in [3.8, 4) is 0 Å². The highest BCUT2D eigenvalue weighted by Gasteiger charge is 2.24. The number of amides is 1. The minimum absolute atomic E-state index is 0.00905. The third kappa shape index (κ3) is 3.09. The van der Waals surface area contributed by atoms with Crippen molar-refractivity contribution in [2.24, 2.45) is 11.7 Å². The summed E-state index contributed by atoms with van der Waals surface area (Å²) in [5, 5.41) is 2.98. The second-order valence-electron chi connectivity index (χ2n) is 4.26. The topological polar surface area (TPSA) is 55.1 Å². The minimum Gasteiger partial charge on any atom is -0.348 e. The van der Waals surface area contributed by atoms with E-state index in [4.69, 9.17) is 17.3 Å². The van der Waals surface area contributed by atoms with Crippen molar-refractivity contribution < 1.29 is 4.79 Å². The summed E-state index contributed by atoms with van der Waals surface area (Å²) in [7, 11) is 0. The van der Waals surface area contributed by atoms with E-state index in [0.717, 1.165) is 9.21 Å². The molecular formula is C12H15ClN2OS. The molecule has 5 heteroatoms. The average molecular weight is 271 g/mol. The first kappa shape index (κ1) is 12.6. The SMILES string of the molecule is CC(NC(=O)C1C=CC(N)C1)c1ccc(Cl)s1. The Kier molecular flexibility index (Phi) is 3.86. The Balaban J connectivity index is 1.93. The van der Waals surface area contributed by atoms with E-state index in [2.05, 4.69) is 5.32 Å². The van der Waals surface area contributed by atoms with Crippen LogP contribution < -0.4 is 11.1 Å². The van der Waals surface area contributed by atoms with Gasteiger partial charge in [0, 0.05) is 10.9 Å². The first-order valence-electron chi connectivity index (χ1n) is 5.56. The van der Waals surface area contributed by atoms with E-state index >= 15 is 0 Å². The largest absolute Gasteiger partial charge is 0.348 e. The Hall–Kier alpha value is -0.840. The molecule has 0 aliphatic heterocycles. The molecule has 1 aliphatic carbocycles. The van der Waals surface area contributed by atoms with Gasteiger partial charge in [0.15, 0.2) is 0 Å². The molecule has 3 N–H and O–H groups in total. The molecule has 1 heterocycles. The predicted molar refractivity (Wildman–Crippen MR) is 71.1 cm³/mol. The summed E-state index contributed by atoms with van der Waals surface area (Å²) in [6.07, 6.45) is 4.47. The minimum atomic E-state index is -0.0946. The van der Waals surface area contributed by atoms with E-state index < -0.39 is 0 Å². The summed E-state index contributed by atoms with van der Waals surface area (Å²) in [5.74, 6) is -0.0610. The van der Waals surface area contributed by atoms with Crippen molar-refractivity contribution in [1.82, 2.24) is 5.32 Å². The molecule has 1 aromatic heterocycles. The first-order valence-corrected chi connectivity index (χ1v) is 6.75. The fourth-order valence-corrected chi connectivity index (χ4v) is 2.94. The van der Waals surface area contributed by atoms with Gasteiger partial charge in [-0.25, -0.2) is 0 Å². The molecule has 0 radical (unpaired) electrons. The molecule has 3 unspecified atom stereocenters. The number of rotatable bonds is 3. The predicted octanol–water partition coefficient (Wildman–Crippen LogP) is 2.48. The van der Waals surface area contributed by atoms with Gasteiger partial charge in [-0.1, -0.05) is 23.8 Å². The van der Waals surface area contributed by atoms with Crippen LogP contribution in [0.2, 0.25) is 4.34 Å². The fourth-order valence-electron chi connectivity index (χ4n) is 1.87. The zero-order valence-electron chi connectivity index (χ0n) is 9.52. The fraction of sp³-hybridized carbons (Fsp3) is 0.417.